The Morgan fingerprint density at radius 2 is 1.81 bits per heavy atom. The highest BCUT2D eigenvalue weighted by Crippen LogP contribution is 2.33. The summed E-state index contributed by atoms with van der Waals surface area (Å²) in [6.07, 6.45) is 9.29. The van der Waals surface area contributed by atoms with Gasteiger partial charge in [0.25, 0.3) is 0 Å². The minimum absolute atomic E-state index is 0.190. The highest BCUT2D eigenvalue weighted by molar-refractivity contribution is 5.92. The summed E-state index contributed by atoms with van der Waals surface area (Å²) in [6.45, 7) is 0. The third-order valence-corrected chi connectivity index (χ3v) is 6.19. The number of amides is 2. The molecule has 7 nitrogen and oxygen atoms in total. The number of pyridine rings is 1. The lowest BCUT2D eigenvalue weighted by Crippen LogP contribution is -2.30. The van der Waals surface area contributed by atoms with E-state index in [0.29, 0.717) is 11.3 Å². The molecule has 6 rings (SSSR count). The number of halogens is 2. The maximum Gasteiger partial charge on any atom is 0.319 e. The second-order valence-electron chi connectivity index (χ2n) is 8.99. The van der Waals surface area contributed by atoms with Crippen LogP contribution in [0.2, 0.25) is 0 Å². The summed E-state index contributed by atoms with van der Waals surface area (Å²) in [5.74, 6) is -1.33. The first kappa shape index (κ1) is 22.0. The molecule has 0 atom stereocenters. The number of aromatic nitrogens is 4. The summed E-state index contributed by atoms with van der Waals surface area (Å²) >= 11 is 0. The van der Waals surface area contributed by atoms with E-state index in [0.717, 1.165) is 46.9 Å². The van der Waals surface area contributed by atoms with Crippen molar-refractivity contribution in [3.63, 3.8) is 0 Å². The molecule has 2 aromatic carbocycles. The number of carbonyl (C=O) groups excluding carboxylic acids is 1. The van der Waals surface area contributed by atoms with Crippen LogP contribution in [0, 0.1) is 11.6 Å². The fraction of sp³-hybridized carbons (Fsp3) is 0.148. The number of rotatable bonds is 5. The predicted octanol–water partition coefficient (Wildman–Crippen LogP) is 5.63. The molecule has 0 unspecified atom stereocenters. The molecule has 0 radical (unpaired) electrons. The molecule has 1 aliphatic rings. The van der Waals surface area contributed by atoms with Gasteiger partial charge in [-0.2, -0.15) is 5.10 Å². The average Bonchev–Trinajstić information content (AvgIpc) is 3.38. The Morgan fingerprint density at radius 3 is 2.56 bits per heavy atom. The van der Waals surface area contributed by atoms with Gasteiger partial charge in [0, 0.05) is 53.9 Å². The lowest BCUT2D eigenvalue weighted by Gasteiger charge is -2.13. The summed E-state index contributed by atoms with van der Waals surface area (Å²) < 4.78 is 31.9. The van der Waals surface area contributed by atoms with E-state index in [2.05, 4.69) is 20.7 Å². The van der Waals surface area contributed by atoms with Crippen LogP contribution in [0.5, 0.6) is 0 Å². The van der Waals surface area contributed by atoms with Gasteiger partial charge in [-0.3, -0.25) is 9.08 Å². The Hall–Kier alpha value is -4.53. The van der Waals surface area contributed by atoms with Gasteiger partial charge in [-0.1, -0.05) is 0 Å². The van der Waals surface area contributed by atoms with Crippen molar-refractivity contribution < 1.29 is 13.6 Å². The lowest BCUT2D eigenvalue weighted by atomic mass is 10.00. The molecule has 0 spiro atoms. The summed E-state index contributed by atoms with van der Waals surface area (Å²) in [4.78, 5) is 17.0. The van der Waals surface area contributed by atoms with Crippen molar-refractivity contribution in [1.82, 2.24) is 24.5 Å². The maximum atomic E-state index is 14.7. The number of imidazole rings is 1. The first-order valence-corrected chi connectivity index (χ1v) is 11.6. The van der Waals surface area contributed by atoms with Gasteiger partial charge in [0.2, 0.25) is 0 Å². The van der Waals surface area contributed by atoms with Gasteiger partial charge in [0.05, 0.1) is 18.1 Å². The number of fused-ring (bicyclic) bond motifs is 1. The van der Waals surface area contributed by atoms with Crippen molar-refractivity contribution >= 4 is 17.4 Å². The molecule has 2 N–H and O–H groups in total. The molecule has 180 valence electrons. The van der Waals surface area contributed by atoms with Crippen LogP contribution in [0.3, 0.4) is 0 Å². The van der Waals surface area contributed by atoms with Crippen LogP contribution in [0.4, 0.5) is 19.3 Å². The minimum Gasteiger partial charge on any atom is -0.335 e. The van der Waals surface area contributed by atoms with Gasteiger partial charge >= 0.3 is 6.03 Å². The largest absolute Gasteiger partial charge is 0.335 e. The third-order valence-electron chi connectivity index (χ3n) is 6.19. The normalized spacial score (nSPS) is 13.2. The zero-order chi connectivity index (χ0) is 24.8. The topological polar surface area (TPSA) is 76.2 Å². The summed E-state index contributed by atoms with van der Waals surface area (Å²) in [6, 6.07) is 12.6. The Bertz CT molecular complexity index is 1620. The average molecular weight is 485 g/mol. The summed E-state index contributed by atoms with van der Waals surface area (Å²) in [5.41, 5.74) is 5.40. The Kier molecular flexibility index (Phi) is 5.25. The van der Waals surface area contributed by atoms with Crippen molar-refractivity contribution in [2.75, 3.05) is 5.32 Å². The molecule has 2 amide bonds. The molecule has 5 aromatic rings. The summed E-state index contributed by atoms with van der Waals surface area (Å²) in [7, 11) is 1.86. The highest BCUT2D eigenvalue weighted by Gasteiger charge is 2.23. The van der Waals surface area contributed by atoms with Crippen LogP contribution in [0.1, 0.15) is 12.8 Å². The van der Waals surface area contributed by atoms with Gasteiger partial charge in [0.1, 0.15) is 17.3 Å². The van der Waals surface area contributed by atoms with Crippen LogP contribution in [0.25, 0.3) is 39.2 Å². The molecule has 1 saturated carbocycles. The number of urea groups is 1. The quantitative estimate of drug-likeness (QED) is 0.339. The van der Waals surface area contributed by atoms with Gasteiger partial charge < -0.3 is 10.6 Å². The van der Waals surface area contributed by atoms with E-state index in [1.165, 1.54) is 12.1 Å². The van der Waals surface area contributed by atoms with Crippen LogP contribution >= 0.6 is 0 Å². The number of aryl methyl sites for hydroxylation is 1. The van der Waals surface area contributed by atoms with Crippen LogP contribution < -0.4 is 10.6 Å². The molecule has 1 fully saturated rings. The number of hydrogen-bond donors (Lipinski definition) is 2. The predicted molar refractivity (Wildman–Crippen MR) is 133 cm³/mol. The van der Waals surface area contributed by atoms with Gasteiger partial charge in [-0.15, -0.1) is 0 Å². The molecule has 3 heterocycles. The first-order chi connectivity index (χ1) is 17.4. The number of hydrogen-bond acceptors (Lipinski definition) is 3. The Labute approximate surface area is 205 Å². The van der Waals surface area contributed by atoms with Crippen molar-refractivity contribution in [2.45, 2.75) is 18.9 Å². The zero-order valence-electron chi connectivity index (χ0n) is 19.4. The Morgan fingerprint density at radius 1 is 0.972 bits per heavy atom. The van der Waals surface area contributed by atoms with Gasteiger partial charge in [-0.25, -0.2) is 18.6 Å². The number of nitrogens with zero attached hydrogens (tertiary/aromatic N) is 4. The van der Waals surface area contributed by atoms with Crippen LogP contribution in [-0.4, -0.2) is 31.2 Å². The van der Waals surface area contributed by atoms with Gasteiger partial charge in [0.15, 0.2) is 0 Å². The van der Waals surface area contributed by atoms with Crippen molar-refractivity contribution in [2.24, 2.45) is 7.05 Å². The molecular formula is C27H22F2N6O. The number of nitrogens with one attached hydrogen (secondary N) is 2. The van der Waals surface area contributed by atoms with E-state index >= 15 is 0 Å². The molecule has 9 heteroatoms. The highest BCUT2D eigenvalue weighted by atomic mass is 19.1. The molecule has 1 aliphatic carbocycles. The Balaban J connectivity index is 1.43. The van der Waals surface area contributed by atoms with Crippen LogP contribution in [-0.2, 0) is 7.05 Å². The smallest absolute Gasteiger partial charge is 0.319 e. The standard InChI is InChI=1S/C27H22F2N6O/c1-34-15-19(13-31-34)16-6-7-35-25(14-30-26(35)11-16)18-8-17(23-5-2-20(28)12-24(23)29)9-22(10-18)33-27(36)32-21-3-4-21/h2,5-15,21H,3-4H2,1H3,(H2,32,33,36). The van der Waals surface area contributed by atoms with Crippen molar-refractivity contribution in [1.29, 1.82) is 0 Å². The molecule has 0 saturated heterocycles. The van der Waals surface area contributed by atoms with Gasteiger partial charge in [-0.05, 0) is 66.4 Å². The number of carbonyl (C=O) groups is 1. The van der Waals surface area contributed by atoms with E-state index in [1.54, 1.807) is 29.2 Å². The van der Waals surface area contributed by atoms with E-state index in [4.69, 9.17) is 0 Å². The minimum atomic E-state index is -0.681. The second-order valence-corrected chi connectivity index (χ2v) is 8.99. The second kappa shape index (κ2) is 8.60. The lowest BCUT2D eigenvalue weighted by molar-refractivity contribution is 0.251. The monoisotopic (exact) mass is 484 g/mol. The molecule has 0 aliphatic heterocycles. The van der Waals surface area contributed by atoms with E-state index < -0.39 is 11.6 Å². The molecule has 3 aromatic heterocycles. The summed E-state index contributed by atoms with van der Waals surface area (Å²) in [5, 5.41) is 9.97. The van der Waals surface area contributed by atoms with E-state index in [9.17, 15) is 13.6 Å². The molecule has 0 bridgehead atoms. The zero-order valence-corrected chi connectivity index (χ0v) is 19.4. The van der Waals surface area contributed by atoms with Crippen LogP contribution in [0.15, 0.2) is 73.3 Å². The molecular weight excluding hydrogens is 462 g/mol. The van der Waals surface area contributed by atoms with Crippen molar-refractivity contribution in [3.05, 3.63) is 85.0 Å². The fourth-order valence-corrected chi connectivity index (χ4v) is 4.25. The SMILES string of the molecule is Cn1cc(-c2ccn3c(-c4cc(NC(=O)NC5CC5)cc(-c5ccc(F)cc5F)c4)cnc3c2)cn1. The molecule has 36 heavy (non-hydrogen) atoms. The third kappa shape index (κ3) is 4.31. The first-order valence-electron chi connectivity index (χ1n) is 11.6. The maximum absolute atomic E-state index is 14.7. The van der Waals surface area contributed by atoms with E-state index in [1.807, 2.05) is 42.0 Å². The number of benzene rings is 2. The van der Waals surface area contributed by atoms with E-state index in [-0.39, 0.29) is 17.6 Å². The van der Waals surface area contributed by atoms with Crippen molar-refractivity contribution in [3.8, 4) is 33.5 Å². The number of anilines is 1. The fourth-order valence-electron chi connectivity index (χ4n) is 4.25.